The summed E-state index contributed by atoms with van der Waals surface area (Å²) >= 11 is 0. The van der Waals surface area contributed by atoms with E-state index in [4.69, 9.17) is 14.2 Å². The maximum absolute atomic E-state index is 13.4. The van der Waals surface area contributed by atoms with Gasteiger partial charge in [0.2, 0.25) is 0 Å². The summed E-state index contributed by atoms with van der Waals surface area (Å²) < 4.78 is 81.0. The Morgan fingerprint density at radius 3 is 2.07 bits per heavy atom. The first-order valence-electron chi connectivity index (χ1n) is 14.3. The van der Waals surface area contributed by atoms with Gasteiger partial charge in [-0.15, -0.1) is 0 Å². The zero-order chi connectivity index (χ0) is 32.9. The van der Waals surface area contributed by atoms with Crippen molar-refractivity contribution in [3.63, 3.8) is 0 Å². The SMILES string of the molecule is CCOC(Cc1ccc(OCCN(CCCCC(F)(F)C(F)(F)F)C(=O)Nc2ccc(Oc3ccccc3)cc2)cc1)C(=O)O. The Morgan fingerprint density at radius 1 is 0.844 bits per heavy atom. The molecule has 0 aliphatic rings. The Hall–Kier alpha value is -4.39. The lowest BCUT2D eigenvalue weighted by molar-refractivity contribution is -0.284. The van der Waals surface area contributed by atoms with Crippen LogP contribution < -0.4 is 14.8 Å². The van der Waals surface area contributed by atoms with E-state index >= 15 is 0 Å². The summed E-state index contributed by atoms with van der Waals surface area (Å²) in [7, 11) is 0. The summed E-state index contributed by atoms with van der Waals surface area (Å²) in [5.41, 5.74) is 1.12. The molecule has 2 N–H and O–H groups in total. The molecule has 0 spiro atoms. The maximum atomic E-state index is 13.4. The molecule has 0 fully saturated rings. The van der Waals surface area contributed by atoms with E-state index in [9.17, 15) is 36.6 Å². The van der Waals surface area contributed by atoms with Gasteiger partial charge in [-0.2, -0.15) is 22.0 Å². The summed E-state index contributed by atoms with van der Waals surface area (Å²) in [6.07, 6.45) is -8.40. The third-order valence-electron chi connectivity index (χ3n) is 6.57. The van der Waals surface area contributed by atoms with E-state index in [1.165, 1.54) is 4.90 Å². The first kappa shape index (κ1) is 35.1. The zero-order valence-electron chi connectivity index (χ0n) is 24.6. The van der Waals surface area contributed by atoms with Gasteiger partial charge in [-0.05, 0) is 73.9 Å². The molecule has 1 atom stereocenters. The van der Waals surface area contributed by atoms with E-state index in [0.717, 1.165) is 0 Å². The number of hydrogen-bond donors (Lipinski definition) is 2. The van der Waals surface area contributed by atoms with Gasteiger partial charge in [0, 0.05) is 31.7 Å². The third kappa shape index (κ3) is 11.6. The summed E-state index contributed by atoms with van der Waals surface area (Å²) in [6, 6.07) is 21.6. The molecular formula is C32H35F5N2O6. The first-order chi connectivity index (χ1) is 21.4. The number of nitrogens with one attached hydrogen (secondary N) is 1. The monoisotopic (exact) mass is 638 g/mol. The van der Waals surface area contributed by atoms with Gasteiger partial charge in [0.15, 0.2) is 6.10 Å². The van der Waals surface area contributed by atoms with E-state index in [2.05, 4.69) is 5.32 Å². The molecular weight excluding hydrogens is 603 g/mol. The molecule has 3 aromatic rings. The van der Waals surface area contributed by atoms with Crippen LogP contribution >= 0.6 is 0 Å². The number of ether oxygens (including phenoxy) is 3. The van der Waals surface area contributed by atoms with Crippen molar-refractivity contribution in [3.05, 3.63) is 84.4 Å². The van der Waals surface area contributed by atoms with E-state index in [1.54, 1.807) is 67.6 Å². The predicted molar refractivity (Wildman–Crippen MR) is 157 cm³/mol. The highest BCUT2D eigenvalue weighted by atomic mass is 19.4. The molecule has 0 aromatic heterocycles. The predicted octanol–water partition coefficient (Wildman–Crippen LogP) is 7.79. The number of anilines is 1. The Bertz CT molecular complexity index is 1340. The van der Waals surface area contributed by atoms with E-state index in [1.807, 2.05) is 18.2 Å². The fourth-order valence-corrected chi connectivity index (χ4v) is 4.17. The average molecular weight is 639 g/mol. The molecule has 1 unspecified atom stereocenters. The summed E-state index contributed by atoms with van der Waals surface area (Å²) in [6.45, 7) is 1.86. The average Bonchev–Trinajstić information content (AvgIpc) is 2.99. The minimum absolute atomic E-state index is 0.00385. The second kappa shape index (κ2) is 16.6. The van der Waals surface area contributed by atoms with E-state index in [-0.39, 0.29) is 39.1 Å². The smallest absolute Gasteiger partial charge is 0.453 e. The number of alkyl halides is 5. The molecule has 0 saturated heterocycles. The Morgan fingerprint density at radius 2 is 1.47 bits per heavy atom. The second-order valence-corrected chi connectivity index (χ2v) is 9.99. The molecule has 0 saturated carbocycles. The van der Waals surface area contributed by atoms with Gasteiger partial charge >= 0.3 is 24.1 Å². The number of carbonyl (C=O) groups excluding carboxylic acids is 1. The van der Waals surface area contributed by atoms with Crippen LogP contribution in [0.2, 0.25) is 0 Å². The van der Waals surface area contributed by atoms with Crippen LogP contribution in [0, 0.1) is 0 Å². The van der Waals surface area contributed by atoms with Gasteiger partial charge in [0.1, 0.15) is 23.9 Å². The van der Waals surface area contributed by atoms with Crippen LogP contribution in [0.4, 0.5) is 32.4 Å². The summed E-state index contributed by atoms with van der Waals surface area (Å²) in [4.78, 5) is 25.7. The third-order valence-corrected chi connectivity index (χ3v) is 6.57. The lowest BCUT2D eigenvalue weighted by atomic mass is 10.1. The number of carbonyl (C=O) groups is 2. The molecule has 0 aliphatic heterocycles. The van der Waals surface area contributed by atoms with Gasteiger partial charge in [0.25, 0.3) is 0 Å². The van der Waals surface area contributed by atoms with Gasteiger partial charge in [-0.1, -0.05) is 30.3 Å². The van der Waals surface area contributed by atoms with Crippen LogP contribution in [0.1, 0.15) is 31.7 Å². The van der Waals surface area contributed by atoms with Gasteiger partial charge in [-0.3, -0.25) is 0 Å². The Labute approximate surface area is 257 Å². The number of urea groups is 1. The van der Waals surface area contributed by atoms with Crippen molar-refractivity contribution < 1.29 is 50.9 Å². The maximum Gasteiger partial charge on any atom is 0.453 e. The van der Waals surface area contributed by atoms with E-state index < -0.39 is 43.0 Å². The number of aliphatic carboxylic acids is 1. The largest absolute Gasteiger partial charge is 0.492 e. The number of carboxylic acid groups (broad SMARTS) is 1. The molecule has 3 rings (SSSR count). The number of amides is 2. The van der Waals surface area contributed by atoms with Gasteiger partial charge < -0.3 is 29.5 Å². The quantitative estimate of drug-likeness (QED) is 0.116. The standard InChI is InChI=1S/C32H35F5N2O6/c1-2-43-28(29(40)41)22-23-10-14-25(15-11-23)44-21-20-39(19-7-6-18-31(33,34)32(35,36)37)30(42)38-24-12-16-27(17-13-24)45-26-8-4-3-5-9-26/h3-5,8-17,28H,2,6-7,18-22H2,1H3,(H,38,42)(H,40,41). The normalized spacial score (nSPS) is 12.3. The van der Waals surface area contributed by atoms with Crippen molar-refractivity contribution >= 4 is 17.7 Å². The lowest BCUT2D eigenvalue weighted by Gasteiger charge is -2.24. The van der Waals surface area contributed by atoms with Crippen molar-refractivity contribution in [3.8, 4) is 17.2 Å². The zero-order valence-corrected chi connectivity index (χ0v) is 24.6. The molecule has 13 heteroatoms. The number of nitrogens with zero attached hydrogens (tertiary/aromatic N) is 1. The Balaban J connectivity index is 1.59. The fraction of sp³-hybridized carbons (Fsp3) is 0.375. The van der Waals surface area contributed by atoms with Crippen LogP contribution in [0.25, 0.3) is 0 Å². The Kier molecular flexibility index (Phi) is 13.0. The second-order valence-electron chi connectivity index (χ2n) is 9.99. The van der Waals surface area contributed by atoms with Crippen molar-refractivity contribution in [2.75, 3.05) is 31.6 Å². The highest BCUT2D eigenvalue weighted by Crippen LogP contribution is 2.39. The van der Waals surface area contributed by atoms with Gasteiger partial charge in [-0.25, -0.2) is 9.59 Å². The topological polar surface area (TPSA) is 97.3 Å². The lowest BCUT2D eigenvalue weighted by Crippen LogP contribution is -2.39. The number of carboxylic acids is 1. The molecule has 3 aromatic carbocycles. The molecule has 45 heavy (non-hydrogen) atoms. The van der Waals surface area contributed by atoms with Crippen molar-refractivity contribution in [1.29, 1.82) is 0 Å². The van der Waals surface area contributed by atoms with Crippen molar-refractivity contribution in [2.24, 2.45) is 0 Å². The van der Waals surface area contributed by atoms with Crippen LogP contribution in [0.5, 0.6) is 17.2 Å². The van der Waals surface area contributed by atoms with Crippen molar-refractivity contribution in [1.82, 2.24) is 4.90 Å². The number of hydrogen-bond acceptors (Lipinski definition) is 5. The number of rotatable bonds is 17. The first-order valence-corrected chi connectivity index (χ1v) is 14.3. The minimum Gasteiger partial charge on any atom is -0.492 e. The van der Waals surface area contributed by atoms with Crippen LogP contribution in [0.3, 0.4) is 0 Å². The summed E-state index contributed by atoms with van der Waals surface area (Å²) in [5, 5.41) is 12.0. The van der Waals surface area contributed by atoms with E-state index in [0.29, 0.717) is 28.5 Å². The van der Waals surface area contributed by atoms with Crippen LogP contribution in [-0.2, 0) is 16.0 Å². The van der Waals surface area contributed by atoms with Gasteiger partial charge in [0.05, 0.1) is 6.54 Å². The summed E-state index contributed by atoms with van der Waals surface area (Å²) in [5.74, 6) is -4.31. The van der Waals surface area contributed by atoms with Crippen molar-refractivity contribution in [2.45, 2.75) is 50.8 Å². The molecule has 0 bridgehead atoms. The fourth-order valence-electron chi connectivity index (χ4n) is 4.17. The molecule has 0 aliphatic carbocycles. The highest BCUT2D eigenvalue weighted by Gasteiger charge is 2.56. The molecule has 244 valence electrons. The molecule has 0 heterocycles. The number of benzene rings is 3. The molecule has 2 amide bonds. The molecule has 8 nitrogen and oxygen atoms in total. The van der Waals surface area contributed by atoms with Crippen LogP contribution in [0.15, 0.2) is 78.9 Å². The number of unbranched alkanes of at least 4 members (excludes halogenated alkanes) is 1. The van der Waals surface area contributed by atoms with Crippen LogP contribution in [-0.4, -0.2) is 66.5 Å². The minimum atomic E-state index is -5.64. The highest BCUT2D eigenvalue weighted by molar-refractivity contribution is 5.89. The number of halogens is 5. The molecule has 0 radical (unpaired) electrons. The number of para-hydroxylation sites is 1.